The zero-order valence-electron chi connectivity index (χ0n) is 9.26. The van der Waals surface area contributed by atoms with Crippen molar-refractivity contribution in [2.45, 2.75) is 6.61 Å². The monoisotopic (exact) mass is 294 g/mol. The Balaban J connectivity index is 1.95. The van der Waals surface area contributed by atoms with Gasteiger partial charge in [0.05, 0.1) is 11.6 Å². The van der Waals surface area contributed by atoms with Gasteiger partial charge in [-0.05, 0) is 33.6 Å². The Bertz CT molecular complexity index is 471. The molecule has 5 heteroatoms. The Hall–Kier alpha value is -1.62. The number of methoxy groups -OCH3 is 1. The fourth-order valence-electron chi connectivity index (χ4n) is 1.24. The van der Waals surface area contributed by atoms with Gasteiger partial charge in [-0.2, -0.15) is 0 Å². The van der Waals surface area contributed by atoms with Gasteiger partial charge in [-0.3, -0.25) is 0 Å². The lowest BCUT2D eigenvalue weighted by Crippen LogP contribution is -1.99. The predicted octanol–water partition coefficient (Wildman–Crippen LogP) is 2.83. The minimum Gasteiger partial charge on any atom is -0.497 e. The van der Waals surface area contributed by atoms with Crippen LogP contribution in [0.2, 0.25) is 0 Å². The Morgan fingerprint density at radius 2 is 1.76 bits per heavy atom. The van der Waals surface area contributed by atoms with E-state index in [1.54, 1.807) is 19.5 Å². The molecule has 0 amide bonds. The SMILES string of the molecule is COc1ccc(COc2ncc(Br)cn2)cc1. The average molecular weight is 295 g/mol. The highest BCUT2D eigenvalue weighted by Crippen LogP contribution is 2.13. The summed E-state index contributed by atoms with van der Waals surface area (Å²) in [6.45, 7) is 0.436. The van der Waals surface area contributed by atoms with E-state index in [0.717, 1.165) is 15.8 Å². The molecular weight excluding hydrogens is 284 g/mol. The van der Waals surface area contributed by atoms with Crippen LogP contribution in [0.3, 0.4) is 0 Å². The number of halogens is 1. The Kier molecular flexibility index (Phi) is 3.93. The van der Waals surface area contributed by atoms with Gasteiger partial charge >= 0.3 is 6.01 Å². The molecule has 0 aliphatic rings. The standard InChI is InChI=1S/C12H11BrN2O2/c1-16-11-4-2-9(3-5-11)8-17-12-14-6-10(13)7-15-12/h2-7H,8H2,1H3. The number of rotatable bonds is 4. The summed E-state index contributed by atoms with van der Waals surface area (Å²) < 4.78 is 11.3. The van der Waals surface area contributed by atoms with E-state index < -0.39 is 0 Å². The molecule has 0 fully saturated rings. The maximum Gasteiger partial charge on any atom is 0.316 e. The van der Waals surface area contributed by atoms with Crippen LogP contribution in [0.25, 0.3) is 0 Å². The van der Waals surface area contributed by atoms with E-state index in [0.29, 0.717) is 12.6 Å². The number of aromatic nitrogens is 2. The zero-order chi connectivity index (χ0) is 12.1. The van der Waals surface area contributed by atoms with Crippen molar-refractivity contribution >= 4 is 15.9 Å². The van der Waals surface area contributed by atoms with Gasteiger partial charge in [-0.25, -0.2) is 9.97 Å². The van der Waals surface area contributed by atoms with Crippen molar-refractivity contribution in [1.29, 1.82) is 0 Å². The fourth-order valence-corrected chi connectivity index (χ4v) is 1.45. The third kappa shape index (κ3) is 3.42. The van der Waals surface area contributed by atoms with E-state index in [1.165, 1.54) is 0 Å². The summed E-state index contributed by atoms with van der Waals surface area (Å²) in [7, 11) is 1.64. The van der Waals surface area contributed by atoms with Gasteiger partial charge in [0.15, 0.2) is 0 Å². The van der Waals surface area contributed by atoms with Crippen LogP contribution in [0.15, 0.2) is 41.1 Å². The van der Waals surface area contributed by atoms with Gasteiger partial charge in [-0.1, -0.05) is 12.1 Å². The Labute approximate surface area is 108 Å². The topological polar surface area (TPSA) is 44.2 Å². The molecule has 2 rings (SSSR count). The van der Waals surface area contributed by atoms with E-state index in [4.69, 9.17) is 9.47 Å². The van der Waals surface area contributed by atoms with Gasteiger partial charge in [0.25, 0.3) is 0 Å². The minimum atomic E-state index is 0.365. The fraction of sp³-hybridized carbons (Fsp3) is 0.167. The van der Waals surface area contributed by atoms with Crippen molar-refractivity contribution in [1.82, 2.24) is 9.97 Å². The van der Waals surface area contributed by atoms with Gasteiger partial charge < -0.3 is 9.47 Å². The molecule has 0 atom stereocenters. The lowest BCUT2D eigenvalue weighted by molar-refractivity contribution is 0.280. The van der Waals surface area contributed by atoms with E-state index >= 15 is 0 Å². The second-order valence-corrected chi connectivity index (χ2v) is 4.24. The second-order valence-electron chi connectivity index (χ2n) is 3.32. The molecule has 0 saturated carbocycles. The van der Waals surface area contributed by atoms with E-state index in [2.05, 4.69) is 25.9 Å². The number of benzene rings is 1. The van der Waals surface area contributed by atoms with Crippen LogP contribution >= 0.6 is 15.9 Å². The van der Waals surface area contributed by atoms with Crippen molar-refractivity contribution in [2.75, 3.05) is 7.11 Å². The first-order chi connectivity index (χ1) is 8.28. The van der Waals surface area contributed by atoms with Crippen LogP contribution < -0.4 is 9.47 Å². The first-order valence-corrected chi connectivity index (χ1v) is 5.80. The maximum atomic E-state index is 5.44. The summed E-state index contributed by atoms with van der Waals surface area (Å²) in [5.41, 5.74) is 1.04. The van der Waals surface area contributed by atoms with E-state index in [1.807, 2.05) is 24.3 Å². The molecular formula is C12H11BrN2O2. The maximum absolute atomic E-state index is 5.44. The highest BCUT2D eigenvalue weighted by Gasteiger charge is 1.99. The van der Waals surface area contributed by atoms with E-state index in [9.17, 15) is 0 Å². The summed E-state index contributed by atoms with van der Waals surface area (Å²) in [6.07, 6.45) is 3.30. The Morgan fingerprint density at radius 3 is 2.35 bits per heavy atom. The molecule has 1 heterocycles. The van der Waals surface area contributed by atoms with Crippen LogP contribution in [-0.4, -0.2) is 17.1 Å². The number of hydrogen-bond acceptors (Lipinski definition) is 4. The summed E-state index contributed by atoms with van der Waals surface area (Å²) in [6, 6.07) is 8.03. The second kappa shape index (κ2) is 5.63. The smallest absolute Gasteiger partial charge is 0.316 e. The normalized spacial score (nSPS) is 10.0. The van der Waals surface area contributed by atoms with Crippen molar-refractivity contribution < 1.29 is 9.47 Å². The number of ether oxygens (including phenoxy) is 2. The summed E-state index contributed by atoms with van der Waals surface area (Å²) in [5.74, 6) is 0.827. The predicted molar refractivity (Wildman–Crippen MR) is 67.1 cm³/mol. The van der Waals surface area contributed by atoms with Crippen LogP contribution in [0.4, 0.5) is 0 Å². The van der Waals surface area contributed by atoms with Crippen molar-refractivity contribution in [3.63, 3.8) is 0 Å². The quantitative estimate of drug-likeness (QED) is 0.870. The van der Waals surface area contributed by atoms with Crippen molar-refractivity contribution in [3.05, 3.63) is 46.7 Å². The molecule has 0 bridgehead atoms. The molecule has 0 spiro atoms. The van der Waals surface area contributed by atoms with Gasteiger partial charge in [0.2, 0.25) is 0 Å². The molecule has 0 radical (unpaired) electrons. The largest absolute Gasteiger partial charge is 0.497 e. The molecule has 4 nitrogen and oxygen atoms in total. The molecule has 1 aromatic carbocycles. The lowest BCUT2D eigenvalue weighted by atomic mass is 10.2. The number of hydrogen-bond donors (Lipinski definition) is 0. The zero-order valence-corrected chi connectivity index (χ0v) is 10.8. The summed E-state index contributed by atoms with van der Waals surface area (Å²) >= 11 is 3.26. The first-order valence-electron chi connectivity index (χ1n) is 5.01. The van der Waals surface area contributed by atoms with E-state index in [-0.39, 0.29) is 0 Å². The average Bonchev–Trinajstić information content (AvgIpc) is 2.39. The highest BCUT2D eigenvalue weighted by molar-refractivity contribution is 9.10. The summed E-state index contributed by atoms with van der Waals surface area (Å²) in [5, 5.41) is 0. The molecule has 88 valence electrons. The first kappa shape index (κ1) is 11.9. The third-order valence-electron chi connectivity index (χ3n) is 2.12. The molecule has 0 N–H and O–H groups in total. The third-order valence-corrected chi connectivity index (χ3v) is 2.53. The van der Waals surface area contributed by atoms with Crippen LogP contribution in [-0.2, 0) is 6.61 Å². The van der Waals surface area contributed by atoms with Crippen LogP contribution in [0.5, 0.6) is 11.8 Å². The molecule has 0 unspecified atom stereocenters. The lowest BCUT2D eigenvalue weighted by Gasteiger charge is -2.05. The van der Waals surface area contributed by atoms with Gasteiger partial charge in [-0.15, -0.1) is 0 Å². The minimum absolute atomic E-state index is 0.365. The van der Waals surface area contributed by atoms with Gasteiger partial charge in [0, 0.05) is 12.4 Å². The van der Waals surface area contributed by atoms with Crippen LogP contribution in [0.1, 0.15) is 5.56 Å². The van der Waals surface area contributed by atoms with Gasteiger partial charge in [0.1, 0.15) is 12.4 Å². The van der Waals surface area contributed by atoms with Crippen molar-refractivity contribution in [3.8, 4) is 11.8 Å². The summed E-state index contributed by atoms with van der Waals surface area (Å²) in [4.78, 5) is 8.04. The molecule has 2 aromatic rings. The molecule has 0 aliphatic carbocycles. The molecule has 0 saturated heterocycles. The molecule has 1 aromatic heterocycles. The Morgan fingerprint density at radius 1 is 1.12 bits per heavy atom. The molecule has 0 aliphatic heterocycles. The molecule has 17 heavy (non-hydrogen) atoms. The number of nitrogens with zero attached hydrogens (tertiary/aromatic N) is 2. The van der Waals surface area contributed by atoms with Crippen molar-refractivity contribution in [2.24, 2.45) is 0 Å². The van der Waals surface area contributed by atoms with Crippen LogP contribution in [0, 0.1) is 0 Å². The highest BCUT2D eigenvalue weighted by atomic mass is 79.9.